The first kappa shape index (κ1) is 30.6. The number of likely N-dealkylation sites (tertiary alicyclic amines) is 1. The summed E-state index contributed by atoms with van der Waals surface area (Å²) in [5.41, 5.74) is 5.19. The maximum Gasteiger partial charge on any atom is 0.293 e. The summed E-state index contributed by atoms with van der Waals surface area (Å²) in [7, 11) is 1.75. The van der Waals surface area contributed by atoms with E-state index in [1.165, 1.54) is 4.90 Å². The normalized spacial score (nSPS) is 47.4. The number of aliphatic imine (C=N–C) groups is 1. The van der Waals surface area contributed by atoms with Gasteiger partial charge in [0, 0.05) is 60.2 Å². The van der Waals surface area contributed by atoms with Crippen molar-refractivity contribution < 1.29 is 29.8 Å². The van der Waals surface area contributed by atoms with Gasteiger partial charge in [-0.1, -0.05) is 43.2 Å². The Morgan fingerprint density at radius 1 is 1.20 bits per heavy atom. The summed E-state index contributed by atoms with van der Waals surface area (Å²) in [6.45, 7) is 5.34. The molecular formula is C35H52N4O5. The number of carbonyl (C=O) groups is 1. The zero-order valence-electron chi connectivity index (χ0n) is 26.5. The molecule has 4 saturated carbocycles. The van der Waals surface area contributed by atoms with Gasteiger partial charge in [-0.05, 0) is 62.7 Å². The molecule has 9 nitrogen and oxygen atoms in total. The van der Waals surface area contributed by atoms with Crippen molar-refractivity contribution in [3.8, 4) is 0 Å². The number of aliphatic carboxylic acids is 1. The van der Waals surface area contributed by atoms with Crippen molar-refractivity contribution >= 4 is 11.9 Å². The number of hydrogen-bond donors (Lipinski definition) is 5. The van der Waals surface area contributed by atoms with E-state index in [0.29, 0.717) is 30.8 Å². The molecule has 7 aliphatic rings. The van der Waals surface area contributed by atoms with Gasteiger partial charge in [0.1, 0.15) is 5.60 Å². The minimum absolute atomic E-state index is 0.00394. The van der Waals surface area contributed by atoms with Crippen LogP contribution < -0.4 is 21.1 Å². The van der Waals surface area contributed by atoms with Crippen LogP contribution in [0.1, 0.15) is 64.7 Å². The predicted molar refractivity (Wildman–Crippen MR) is 165 cm³/mol. The van der Waals surface area contributed by atoms with Gasteiger partial charge >= 0.3 is 0 Å². The quantitative estimate of drug-likeness (QED) is 0.152. The molecule has 6 aliphatic carbocycles. The highest BCUT2D eigenvalue weighted by atomic mass is 16.5. The van der Waals surface area contributed by atoms with Gasteiger partial charge in [-0.3, -0.25) is 4.90 Å². The zero-order valence-corrected chi connectivity index (χ0v) is 26.5. The van der Waals surface area contributed by atoms with Gasteiger partial charge in [0.15, 0.2) is 0 Å². The lowest BCUT2D eigenvalue weighted by molar-refractivity contribution is -0.832. The number of carboxylic acids is 1. The molecule has 9 heteroatoms. The highest BCUT2D eigenvalue weighted by Crippen LogP contribution is 2.83. The fraction of sp³-hybridized carbons (Fsp3) is 0.771. The van der Waals surface area contributed by atoms with Gasteiger partial charge in [-0.2, -0.15) is 0 Å². The number of aliphatic hydroxyl groups excluding tert-OH is 1. The molecule has 1 saturated heterocycles. The number of ether oxygens (including phenoxy) is 1. The van der Waals surface area contributed by atoms with Crippen LogP contribution in [0.2, 0.25) is 0 Å². The first-order valence-corrected chi connectivity index (χ1v) is 17.2. The summed E-state index contributed by atoms with van der Waals surface area (Å²) in [4.78, 5) is 18.9. The molecule has 6 N–H and O–H groups in total. The number of fused-ring (bicyclic) bond motifs is 1. The second kappa shape index (κ2) is 11.0. The van der Waals surface area contributed by atoms with E-state index >= 15 is 0 Å². The van der Waals surface area contributed by atoms with Gasteiger partial charge < -0.3 is 35.9 Å². The largest absolute Gasteiger partial charge is 0.545 e. The molecule has 0 aromatic heterocycles. The molecule has 5 fully saturated rings. The Labute approximate surface area is 261 Å². The van der Waals surface area contributed by atoms with E-state index in [0.717, 1.165) is 76.6 Å². The van der Waals surface area contributed by atoms with Crippen molar-refractivity contribution in [1.82, 2.24) is 5.32 Å². The third-order valence-electron chi connectivity index (χ3n) is 14.1. The molecule has 2 spiro atoms. The third-order valence-corrected chi connectivity index (χ3v) is 14.1. The highest BCUT2D eigenvalue weighted by molar-refractivity contribution is 5.90. The molecule has 44 heavy (non-hydrogen) atoms. The van der Waals surface area contributed by atoms with Gasteiger partial charge in [0.05, 0.1) is 38.4 Å². The maximum absolute atomic E-state index is 13.3. The minimum atomic E-state index is -1.61. The van der Waals surface area contributed by atoms with Crippen LogP contribution in [0.15, 0.2) is 40.4 Å². The molecule has 1 unspecified atom stereocenters. The Kier molecular flexibility index (Phi) is 7.68. The molecule has 242 valence electrons. The number of carbonyl (C=O) groups excluding carboxylic acids is 1. The van der Waals surface area contributed by atoms with Crippen molar-refractivity contribution in [2.24, 2.45) is 56.6 Å². The van der Waals surface area contributed by atoms with Crippen LogP contribution in [0.4, 0.5) is 0 Å². The van der Waals surface area contributed by atoms with Crippen LogP contribution in [-0.4, -0.2) is 80.3 Å². The van der Waals surface area contributed by atoms with E-state index in [4.69, 9.17) is 10.5 Å². The monoisotopic (exact) mass is 608 g/mol. The first-order valence-electron chi connectivity index (χ1n) is 17.2. The number of aliphatic hydroxyl groups is 2. The number of carboxylic acid groups (broad SMARTS) is 1. The van der Waals surface area contributed by atoms with E-state index in [1.54, 1.807) is 7.05 Å². The van der Waals surface area contributed by atoms with Crippen molar-refractivity contribution in [2.45, 2.75) is 76.4 Å². The summed E-state index contributed by atoms with van der Waals surface area (Å²) >= 11 is 0. The molecule has 0 aromatic carbocycles. The Morgan fingerprint density at radius 3 is 2.80 bits per heavy atom. The van der Waals surface area contributed by atoms with Gasteiger partial charge in [0.2, 0.25) is 0 Å². The fourth-order valence-electron chi connectivity index (χ4n) is 12.7. The van der Waals surface area contributed by atoms with Crippen molar-refractivity contribution in [3.05, 3.63) is 35.5 Å². The summed E-state index contributed by atoms with van der Waals surface area (Å²) in [6, 6.07) is 0. The number of rotatable bonds is 8. The third kappa shape index (κ3) is 3.88. The number of nitrogens with one attached hydrogen (secondary N) is 2. The number of allylic oxidation sites excluding steroid dienone is 4. The van der Waals surface area contributed by atoms with Crippen molar-refractivity contribution in [3.63, 3.8) is 0 Å². The second-order valence-electron chi connectivity index (χ2n) is 15.2. The maximum atomic E-state index is 13.3. The van der Waals surface area contributed by atoms with Crippen LogP contribution in [0.5, 0.6) is 0 Å². The van der Waals surface area contributed by atoms with Crippen LogP contribution >= 0.6 is 0 Å². The molecule has 1 aliphatic heterocycles. The minimum Gasteiger partial charge on any atom is -0.545 e. The average molecular weight is 609 g/mol. The molecule has 1 heterocycles. The Balaban J connectivity index is 1.34. The summed E-state index contributed by atoms with van der Waals surface area (Å²) in [6.07, 6.45) is 17.1. The number of piperidine rings is 1. The lowest BCUT2D eigenvalue weighted by Crippen LogP contribution is -3.19. The highest BCUT2D eigenvalue weighted by Gasteiger charge is 2.84. The second-order valence-corrected chi connectivity index (χ2v) is 15.2. The fourth-order valence-corrected chi connectivity index (χ4v) is 12.7. The van der Waals surface area contributed by atoms with Crippen LogP contribution in [-0.2, 0) is 9.53 Å². The summed E-state index contributed by atoms with van der Waals surface area (Å²) in [5.74, 6) is 0.298. The van der Waals surface area contributed by atoms with Crippen molar-refractivity contribution in [1.29, 1.82) is 0 Å². The van der Waals surface area contributed by atoms with E-state index in [9.17, 15) is 20.1 Å². The molecule has 0 radical (unpaired) electrons. The predicted octanol–water partition coefficient (Wildman–Crippen LogP) is 0.339. The van der Waals surface area contributed by atoms with Gasteiger partial charge in [0.25, 0.3) is 5.96 Å². The summed E-state index contributed by atoms with van der Waals surface area (Å²) in [5, 5.41) is 39.5. The molecule has 0 aromatic rings. The number of hydrogen-bond acceptors (Lipinski definition) is 7. The van der Waals surface area contributed by atoms with Crippen LogP contribution in [0, 0.1) is 45.8 Å². The van der Waals surface area contributed by atoms with E-state index in [1.807, 2.05) is 0 Å². The zero-order chi connectivity index (χ0) is 30.9. The number of guanidine groups is 1. The van der Waals surface area contributed by atoms with Crippen LogP contribution in [0.3, 0.4) is 0 Å². The standard InChI is InChI=1S/C35H52N4O5/c1-22-10-11-24-18-26-29(30(41)42)33(43,21-44-27-9-5-7-23-6-3-4-8-25(23)27)28-12-13-32(19-38-15-17-40)14-16-39(31(36)37-2)20-34(24,32)35(22,26)28/h3-4,6,8,22-25,27-28,38,40,43H,5,7,9-21H2,1-2H3,(H2,36,37)(H,41,42)/t22-,23+,24-,25-,27-,28-,32+,33-,34-,35+/m1/s1. The smallest absolute Gasteiger partial charge is 0.293 e. The topological polar surface area (TPSA) is 145 Å². The molecule has 11 atom stereocenters. The SMILES string of the molecule is CN=C(N)[NH+]1CC[C@]2(CNCCO)CC[C@H]3[C@@]45C(=C(C(=O)[O-])[C@@]3(O)CO[C@@H]3CCC[C@@H]6C=CC=C[C@H]63)C[C@@H](CC[C@H]4C)[C@]25C1. The molecule has 0 amide bonds. The number of nitrogens with two attached hydrogens (primary N) is 1. The van der Waals surface area contributed by atoms with Gasteiger partial charge in [-0.25, -0.2) is 4.99 Å². The lowest BCUT2D eigenvalue weighted by Gasteiger charge is -2.70. The van der Waals surface area contributed by atoms with Gasteiger partial charge in [-0.15, -0.1) is 0 Å². The number of quaternary nitrogens is 1. The average Bonchev–Trinajstić information content (AvgIpc) is 3.37. The van der Waals surface area contributed by atoms with E-state index in [-0.39, 0.29) is 53.5 Å². The molecule has 7 rings (SSSR count). The van der Waals surface area contributed by atoms with E-state index < -0.39 is 17.0 Å². The molecular weight excluding hydrogens is 556 g/mol. The Morgan fingerprint density at radius 2 is 2.02 bits per heavy atom. The van der Waals surface area contributed by atoms with Crippen molar-refractivity contribution in [2.75, 3.05) is 46.4 Å². The molecule has 2 bridgehead atoms. The number of nitrogens with zero attached hydrogens (tertiary/aromatic N) is 1. The van der Waals surface area contributed by atoms with Crippen LogP contribution in [0.25, 0.3) is 0 Å². The van der Waals surface area contributed by atoms with E-state index in [2.05, 4.69) is 41.5 Å². The summed E-state index contributed by atoms with van der Waals surface area (Å²) < 4.78 is 6.72. The Hall–Kier alpha value is -2.04. The lowest BCUT2D eigenvalue weighted by atomic mass is 9.34. The first-order chi connectivity index (χ1) is 21.2. The Bertz CT molecular complexity index is 1300.